The highest BCUT2D eigenvalue weighted by Crippen LogP contribution is 2.30. The topological polar surface area (TPSA) is 37.3 Å². The largest absolute Gasteiger partial charge is 0.481 e. The number of halogens is 3. The van der Waals surface area contributed by atoms with Crippen molar-refractivity contribution in [2.45, 2.75) is 26.4 Å². The highest BCUT2D eigenvalue weighted by Gasteiger charge is 2.31. The van der Waals surface area contributed by atoms with Gasteiger partial charge < -0.3 is 5.11 Å². The van der Waals surface area contributed by atoms with Crippen molar-refractivity contribution in [1.82, 2.24) is 0 Å². The molecule has 2 nitrogen and oxygen atoms in total. The maximum Gasteiger partial charge on any atom is 0.416 e. The lowest BCUT2D eigenvalue weighted by Crippen LogP contribution is -2.22. The molecule has 1 aromatic rings. The van der Waals surface area contributed by atoms with Crippen LogP contribution in [0.4, 0.5) is 13.2 Å². The molecule has 1 atom stereocenters. The van der Waals surface area contributed by atoms with Crippen LogP contribution in [-0.4, -0.2) is 11.1 Å². The molecule has 0 aromatic heterocycles. The summed E-state index contributed by atoms with van der Waals surface area (Å²) < 4.78 is 37.5. The quantitative estimate of drug-likeness (QED) is 0.898. The van der Waals surface area contributed by atoms with Gasteiger partial charge >= 0.3 is 12.1 Å². The summed E-state index contributed by atoms with van der Waals surface area (Å²) in [7, 11) is 0. The van der Waals surface area contributed by atoms with Crippen LogP contribution >= 0.6 is 0 Å². The Morgan fingerprint density at radius 3 is 2.39 bits per heavy atom. The van der Waals surface area contributed by atoms with Crippen molar-refractivity contribution in [3.8, 4) is 0 Å². The van der Waals surface area contributed by atoms with E-state index in [1.165, 1.54) is 12.1 Å². The lowest BCUT2D eigenvalue weighted by Gasteiger charge is -2.17. The molecule has 1 unspecified atom stereocenters. The molecule has 0 bridgehead atoms. The maximum absolute atomic E-state index is 12.5. The molecule has 0 saturated carbocycles. The predicted octanol–water partition coefficient (Wildman–Crippen LogP) is 3.60. The lowest BCUT2D eigenvalue weighted by molar-refractivity contribution is -0.143. The van der Waals surface area contributed by atoms with E-state index in [1.807, 2.05) is 0 Å². The van der Waals surface area contributed by atoms with Crippen molar-refractivity contribution >= 4 is 5.97 Å². The van der Waals surface area contributed by atoms with Gasteiger partial charge in [0.05, 0.1) is 11.5 Å². The van der Waals surface area contributed by atoms with Crippen LogP contribution in [0.25, 0.3) is 0 Å². The van der Waals surface area contributed by atoms with E-state index in [9.17, 15) is 18.0 Å². The molecule has 1 N–H and O–H groups in total. The van der Waals surface area contributed by atoms with Crippen molar-refractivity contribution in [3.05, 3.63) is 35.4 Å². The summed E-state index contributed by atoms with van der Waals surface area (Å²) in [6.45, 7) is 3.48. The molecule has 0 radical (unpaired) electrons. The zero-order valence-corrected chi connectivity index (χ0v) is 10.2. The first-order valence-electron chi connectivity index (χ1n) is 5.60. The van der Waals surface area contributed by atoms with Crippen molar-refractivity contribution < 1.29 is 23.1 Å². The molecule has 0 aliphatic rings. The third-order valence-corrected chi connectivity index (χ3v) is 2.83. The smallest absolute Gasteiger partial charge is 0.416 e. The summed E-state index contributed by atoms with van der Waals surface area (Å²) in [5.74, 6) is -1.78. The van der Waals surface area contributed by atoms with E-state index in [1.54, 1.807) is 13.8 Å². The Kier molecular flexibility index (Phi) is 4.38. The van der Waals surface area contributed by atoms with Gasteiger partial charge in [-0.3, -0.25) is 4.79 Å². The third kappa shape index (κ3) is 3.75. The molecule has 5 heteroatoms. The summed E-state index contributed by atoms with van der Waals surface area (Å²) in [6.07, 6.45) is -4.29. The monoisotopic (exact) mass is 260 g/mol. The second kappa shape index (κ2) is 5.42. The van der Waals surface area contributed by atoms with Gasteiger partial charge in [0.1, 0.15) is 0 Å². The Morgan fingerprint density at radius 1 is 1.33 bits per heavy atom. The predicted molar refractivity (Wildman–Crippen MR) is 61.1 cm³/mol. The Bertz CT molecular complexity index is 424. The van der Waals surface area contributed by atoms with Gasteiger partial charge in [0, 0.05) is 0 Å². The second-order valence-corrected chi connectivity index (χ2v) is 4.59. The number of rotatable bonds is 4. The fourth-order valence-electron chi connectivity index (χ4n) is 1.74. The number of carboxylic acids is 1. The number of hydrogen-bond acceptors (Lipinski definition) is 1. The van der Waals surface area contributed by atoms with Gasteiger partial charge in [-0.15, -0.1) is 0 Å². The van der Waals surface area contributed by atoms with Crippen LogP contribution in [0.3, 0.4) is 0 Å². The Hall–Kier alpha value is -1.52. The van der Waals surface area contributed by atoms with Gasteiger partial charge in [0.15, 0.2) is 0 Å². The number of alkyl halides is 3. The molecule has 0 aliphatic carbocycles. The van der Waals surface area contributed by atoms with E-state index in [-0.39, 0.29) is 12.3 Å². The summed E-state index contributed by atoms with van der Waals surface area (Å²) in [5, 5.41) is 9.01. The summed E-state index contributed by atoms with van der Waals surface area (Å²) in [4.78, 5) is 11.0. The van der Waals surface area contributed by atoms with Crippen LogP contribution in [0.1, 0.15) is 25.0 Å². The number of benzene rings is 1. The highest BCUT2D eigenvalue weighted by molar-refractivity contribution is 5.70. The zero-order valence-electron chi connectivity index (χ0n) is 10.2. The number of carbonyl (C=O) groups is 1. The average Bonchev–Trinajstić information content (AvgIpc) is 2.24. The zero-order chi connectivity index (χ0) is 13.9. The van der Waals surface area contributed by atoms with Crippen LogP contribution in [0.15, 0.2) is 24.3 Å². The average molecular weight is 260 g/mol. The number of carboxylic acid groups (broad SMARTS) is 1. The van der Waals surface area contributed by atoms with Crippen LogP contribution in [0, 0.1) is 11.8 Å². The Morgan fingerprint density at radius 2 is 1.94 bits per heavy atom. The summed E-state index contributed by atoms with van der Waals surface area (Å²) in [5.41, 5.74) is -0.348. The molecule has 0 heterocycles. The lowest BCUT2D eigenvalue weighted by atomic mass is 9.89. The Labute approximate surface area is 103 Å². The van der Waals surface area contributed by atoms with Crippen molar-refractivity contribution in [2.24, 2.45) is 11.8 Å². The molecule has 0 saturated heterocycles. The highest BCUT2D eigenvalue weighted by atomic mass is 19.4. The van der Waals surface area contributed by atoms with Crippen LogP contribution < -0.4 is 0 Å². The molecule has 1 aromatic carbocycles. The summed E-state index contributed by atoms with van der Waals surface area (Å²) in [6, 6.07) is 4.82. The van der Waals surface area contributed by atoms with Gasteiger partial charge in [-0.1, -0.05) is 32.0 Å². The Balaban J connectivity index is 2.94. The van der Waals surface area contributed by atoms with Gasteiger partial charge in [-0.05, 0) is 24.0 Å². The third-order valence-electron chi connectivity index (χ3n) is 2.83. The van der Waals surface area contributed by atoms with Crippen molar-refractivity contribution in [3.63, 3.8) is 0 Å². The van der Waals surface area contributed by atoms with E-state index in [4.69, 9.17) is 5.11 Å². The van der Waals surface area contributed by atoms with Gasteiger partial charge in [0.25, 0.3) is 0 Å². The minimum Gasteiger partial charge on any atom is -0.481 e. The molecule has 100 valence electrons. The first-order valence-corrected chi connectivity index (χ1v) is 5.60. The van der Waals surface area contributed by atoms with Gasteiger partial charge in [-0.25, -0.2) is 0 Å². The number of aliphatic carboxylic acids is 1. The van der Waals surface area contributed by atoms with Gasteiger partial charge in [0.2, 0.25) is 0 Å². The normalized spacial score (nSPS) is 13.7. The minimum absolute atomic E-state index is 0.108. The van der Waals surface area contributed by atoms with Crippen LogP contribution in [0.2, 0.25) is 0 Å². The molecule has 0 aliphatic heterocycles. The van der Waals surface area contributed by atoms with E-state index >= 15 is 0 Å². The first-order chi connectivity index (χ1) is 8.21. The molecule has 0 spiro atoms. The first kappa shape index (κ1) is 14.5. The fraction of sp³-hybridized carbons (Fsp3) is 0.462. The van der Waals surface area contributed by atoms with Crippen LogP contribution in [0.5, 0.6) is 0 Å². The standard InChI is InChI=1S/C13H15F3O2/c1-8(2)11(12(17)18)7-9-4-3-5-10(6-9)13(14,15)16/h3-6,8,11H,7H2,1-2H3,(H,17,18). The fourth-order valence-corrected chi connectivity index (χ4v) is 1.74. The van der Waals surface area contributed by atoms with E-state index in [2.05, 4.69) is 0 Å². The van der Waals surface area contributed by atoms with Crippen molar-refractivity contribution in [1.29, 1.82) is 0 Å². The van der Waals surface area contributed by atoms with E-state index < -0.39 is 23.6 Å². The van der Waals surface area contributed by atoms with Crippen molar-refractivity contribution in [2.75, 3.05) is 0 Å². The van der Waals surface area contributed by atoms with E-state index in [0.717, 1.165) is 12.1 Å². The molecule has 0 fully saturated rings. The molecule has 18 heavy (non-hydrogen) atoms. The number of hydrogen-bond donors (Lipinski definition) is 1. The molecular weight excluding hydrogens is 245 g/mol. The van der Waals surface area contributed by atoms with Gasteiger partial charge in [-0.2, -0.15) is 13.2 Å². The molecular formula is C13H15F3O2. The second-order valence-electron chi connectivity index (χ2n) is 4.59. The SMILES string of the molecule is CC(C)C(Cc1cccc(C(F)(F)F)c1)C(=O)O. The molecule has 0 amide bonds. The van der Waals surface area contributed by atoms with Crippen LogP contribution in [-0.2, 0) is 17.4 Å². The van der Waals surface area contributed by atoms with E-state index in [0.29, 0.717) is 5.56 Å². The maximum atomic E-state index is 12.5. The minimum atomic E-state index is -4.40. The molecule has 1 rings (SSSR count). The summed E-state index contributed by atoms with van der Waals surface area (Å²) >= 11 is 0.